The Bertz CT molecular complexity index is 1030. The first-order valence-corrected chi connectivity index (χ1v) is 11.5. The first-order valence-electron chi connectivity index (χ1n) is 11.5. The Balaban J connectivity index is 1.64. The minimum atomic E-state index is 0.253. The number of hydrogen-bond donors (Lipinski definition) is 1. The number of rotatable bonds is 4. The summed E-state index contributed by atoms with van der Waals surface area (Å²) in [5.74, 6) is 1.83. The van der Waals surface area contributed by atoms with Crippen molar-refractivity contribution < 1.29 is 0 Å². The van der Waals surface area contributed by atoms with Gasteiger partial charge in [-0.25, -0.2) is 0 Å². The van der Waals surface area contributed by atoms with Crippen molar-refractivity contribution in [2.24, 2.45) is 0 Å². The van der Waals surface area contributed by atoms with Crippen molar-refractivity contribution in [1.29, 1.82) is 0 Å². The van der Waals surface area contributed by atoms with Crippen molar-refractivity contribution in [3.8, 4) is 0 Å². The fraction of sp³-hybridized carbons (Fsp3) is 0.429. The van der Waals surface area contributed by atoms with E-state index in [2.05, 4.69) is 81.5 Å². The third-order valence-corrected chi connectivity index (χ3v) is 7.18. The maximum Gasteiger partial charge on any atom is 0.0774 e. The molecule has 1 nitrogen and oxygen atoms in total. The lowest BCUT2D eigenvalue weighted by molar-refractivity contribution is 0.729. The van der Waals surface area contributed by atoms with Crippen molar-refractivity contribution in [3.05, 3.63) is 76.3 Å². The maximum atomic E-state index is 3.87. The molecule has 1 aliphatic heterocycles. The van der Waals surface area contributed by atoms with Gasteiger partial charge in [-0.2, -0.15) is 0 Å². The summed E-state index contributed by atoms with van der Waals surface area (Å²) in [4.78, 5) is 0. The molecule has 0 aromatic heterocycles. The van der Waals surface area contributed by atoms with Crippen LogP contribution in [-0.4, -0.2) is 0 Å². The van der Waals surface area contributed by atoms with Gasteiger partial charge in [0.15, 0.2) is 0 Å². The van der Waals surface area contributed by atoms with E-state index < -0.39 is 0 Å². The van der Waals surface area contributed by atoms with Crippen LogP contribution >= 0.6 is 0 Å². The maximum absolute atomic E-state index is 3.87. The Kier molecular flexibility index (Phi) is 4.65. The van der Waals surface area contributed by atoms with Gasteiger partial charge >= 0.3 is 0 Å². The Morgan fingerprint density at radius 1 is 0.793 bits per heavy atom. The predicted molar refractivity (Wildman–Crippen MR) is 125 cm³/mol. The zero-order chi connectivity index (χ0) is 20.1. The van der Waals surface area contributed by atoms with E-state index >= 15 is 0 Å². The van der Waals surface area contributed by atoms with Crippen molar-refractivity contribution in [2.75, 3.05) is 5.32 Å². The monoisotopic (exact) mass is 383 g/mol. The van der Waals surface area contributed by atoms with Crippen molar-refractivity contribution in [3.63, 3.8) is 0 Å². The topological polar surface area (TPSA) is 12.0 Å². The lowest BCUT2D eigenvalue weighted by Gasteiger charge is -2.19. The van der Waals surface area contributed by atoms with Gasteiger partial charge in [-0.05, 0) is 69.9 Å². The van der Waals surface area contributed by atoms with Crippen molar-refractivity contribution >= 4 is 16.5 Å². The van der Waals surface area contributed by atoms with Gasteiger partial charge in [0.25, 0.3) is 0 Å². The molecule has 1 saturated carbocycles. The van der Waals surface area contributed by atoms with Crippen LogP contribution in [0, 0.1) is 0 Å². The lowest BCUT2D eigenvalue weighted by Crippen LogP contribution is -2.08. The fourth-order valence-corrected chi connectivity index (χ4v) is 5.44. The first-order chi connectivity index (χ1) is 14.0. The molecule has 1 fully saturated rings. The summed E-state index contributed by atoms with van der Waals surface area (Å²) in [6.45, 7) is 9.20. The van der Waals surface area contributed by atoms with Crippen molar-refractivity contribution in [2.45, 2.75) is 77.2 Å². The molecule has 1 heterocycles. The van der Waals surface area contributed by atoms with Crippen LogP contribution in [0.1, 0.15) is 105 Å². The molecule has 0 spiro atoms. The zero-order valence-corrected chi connectivity index (χ0v) is 18.3. The molecule has 0 saturated heterocycles. The van der Waals surface area contributed by atoms with Gasteiger partial charge in [0, 0.05) is 11.1 Å². The molecule has 0 radical (unpaired) electrons. The van der Waals surface area contributed by atoms with E-state index in [1.807, 2.05) is 0 Å². The summed E-state index contributed by atoms with van der Waals surface area (Å²) >= 11 is 0. The normalized spacial score (nSPS) is 18.9. The van der Waals surface area contributed by atoms with Gasteiger partial charge in [-0.1, -0.05) is 83.0 Å². The van der Waals surface area contributed by atoms with Crippen LogP contribution in [0.15, 0.2) is 48.5 Å². The van der Waals surface area contributed by atoms with Crippen LogP contribution in [0.2, 0.25) is 0 Å². The smallest absolute Gasteiger partial charge is 0.0774 e. The van der Waals surface area contributed by atoms with Crippen LogP contribution in [0.3, 0.4) is 0 Å². The minimum absolute atomic E-state index is 0.253. The highest BCUT2D eigenvalue weighted by Gasteiger charge is 2.28. The highest BCUT2D eigenvalue weighted by molar-refractivity contribution is 6.02. The lowest BCUT2D eigenvalue weighted by atomic mass is 9.87. The summed E-state index contributed by atoms with van der Waals surface area (Å²) in [7, 11) is 0. The van der Waals surface area contributed by atoms with E-state index in [-0.39, 0.29) is 6.04 Å². The summed E-state index contributed by atoms with van der Waals surface area (Å²) in [6.07, 6.45) is 5.47. The van der Waals surface area contributed by atoms with Gasteiger partial charge in [0.1, 0.15) is 0 Å². The van der Waals surface area contributed by atoms with Crippen LogP contribution in [0.5, 0.6) is 0 Å². The number of nitrogens with one attached hydrogen (secondary N) is 1. The van der Waals surface area contributed by atoms with Gasteiger partial charge in [0.2, 0.25) is 0 Å². The molecule has 1 aliphatic carbocycles. The van der Waals surface area contributed by atoms with Crippen LogP contribution < -0.4 is 5.32 Å². The Hall–Kier alpha value is -2.28. The van der Waals surface area contributed by atoms with E-state index in [1.54, 1.807) is 5.56 Å². The molecule has 0 bridgehead atoms. The Morgan fingerprint density at radius 3 is 2.14 bits per heavy atom. The molecule has 1 atom stereocenters. The van der Waals surface area contributed by atoms with Gasteiger partial charge < -0.3 is 5.32 Å². The third kappa shape index (κ3) is 3.16. The van der Waals surface area contributed by atoms with Crippen molar-refractivity contribution in [1.82, 2.24) is 0 Å². The summed E-state index contributed by atoms with van der Waals surface area (Å²) in [5, 5.41) is 6.81. The average Bonchev–Trinajstić information content (AvgIpc) is 3.37. The number of anilines is 1. The van der Waals surface area contributed by atoms with E-state index in [1.165, 1.54) is 64.4 Å². The van der Waals surface area contributed by atoms with Gasteiger partial charge in [-0.3, -0.25) is 0 Å². The van der Waals surface area contributed by atoms with E-state index in [0.717, 1.165) is 5.92 Å². The zero-order valence-electron chi connectivity index (χ0n) is 18.3. The molecule has 2 aliphatic rings. The third-order valence-electron chi connectivity index (χ3n) is 7.18. The molecule has 0 amide bonds. The van der Waals surface area contributed by atoms with Crippen LogP contribution in [0.25, 0.3) is 10.8 Å². The molecule has 3 aromatic carbocycles. The molecule has 1 heteroatoms. The van der Waals surface area contributed by atoms with E-state index in [9.17, 15) is 0 Å². The first kappa shape index (κ1) is 18.7. The second kappa shape index (κ2) is 7.20. The highest BCUT2D eigenvalue weighted by Crippen LogP contribution is 2.47. The quantitative estimate of drug-likeness (QED) is 0.478. The standard InChI is InChI=1S/C28H33N/c1-17(2)20-14-21(18(3)4)16-22(15-20)28-25-11-7-10-24-23(19-8-5-6-9-19)12-13-26(29-28)27(24)25/h7,10-19,28-29H,5-6,8-9H2,1-4H3. The fourth-order valence-electron chi connectivity index (χ4n) is 5.44. The number of hydrogen-bond acceptors (Lipinski definition) is 1. The molecule has 1 unspecified atom stereocenters. The highest BCUT2D eigenvalue weighted by atomic mass is 14.9. The molecular weight excluding hydrogens is 350 g/mol. The second-order valence-corrected chi connectivity index (χ2v) is 9.77. The predicted octanol–water partition coefficient (Wildman–Crippen LogP) is 8.26. The summed E-state index contributed by atoms with van der Waals surface area (Å²) in [6, 6.07) is 19.2. The molecule has 29 heavy (non-hydrogen) atoms. The molecule has 150 valence electrons. The second-order valence-electron chi connectivity index (χ2n) is 9.77. The Morgan fingerprint density at radius 2 is 1.48 bits per heavy atom. The average molecular weight is 384 g/mol. The van der Waals surface area contributed by atoms with Gasteiger partial charge in [-0.15, -0.1) is 0 Å². The number of benzene rings is 3. The molecule has 1 N–H and O–H groups in total. The van der Waals surface area contributed by atoms with Crippen LogP contribution in [0.4, 0.5) is 5.69 Å². The van der Waals surface area contributed by atoms with Gasteiger partial charge in [0.05, 0.1) is 6.04 Å². The Labute approximate surface area is 175 Å². The van der Waals surface area contributed by atoms with E-state index in [4.69, 9.17) is 0 Å². The summed E-state index contributed by atoms with van der Waals surface area (Å²) < 4.78 is 0. The molecule has 5 rings (SSSR count). The minimum Gasteiger partial charge on any atom is -0.374 e. The molecular formula is C28H33N. The van der Waals surface area contributed by atoms with E-state index in [0.29, 0.717) is 11.8 Å². The largest absolute Gasteiger partial charge is 0.374 e. The SMILES string of the molecule is CC(C)c1cc(C(C)C)cc(C2Nc3ccc(C4CCCC4)c4cccc2c34)c1. The van der Waals surface area contributed by atoms with Crippen LogP contribution in [-0.2, 0) is 0 Å². The molecule has 3 aromatic rings. The summed E-state index contributed by atoms with van der Waals surface area (Å²) in [5.41, 5.74) is 8.64.